The first-order valence-corrected chi connectivity index (χ1v) is 8.80. The van der Waals surface area contributed by atoms with Crippen LogP contribution in [0.25, 0.3) is 10.8 Å². The van der Waals surface area contributed by atoms with Crippen molar-refractivity contribution in [2.75, 3.05) is 18.4 Å². The highest BCUT2D eigenvalue weighted by Gasteiger charge is 2.32. The molecular weight excluding hydrogens is 342 g/mol. The molecule has 2 heterocycles. The van der Waals surface area contributed by atoms with Crippen LogP contribution in [0.2, 0.25) is 0 Å². The number of benzene rings is 2. The van der Waals surface area contributed by atoms with Crippen LogP contribution in [0.15, 0.2) is 54.9 Å². The van der Waals surface area contributed by atoms with Crippen LogP contribution < -0.4 is 5.32 Å². The number of hydrazine groups is 1. The molecular formula is C20H19N5O2. The van der Waals surface area contributed by atoms with E-state index in [1.54, 1.807) is 13.1 Å². The molecule has 1 N–H and O–H groups in total. The van der Waals surface area contributed by atoms with Crippen LogP contribution in [0.3, 0.4) is 0 Å². The van der Waals surface area contributed by atoms with Crippen LogP contribution in [-0.2, 0) is 0 Å². The molecule has 0 radical (unpaired) electrons. The fourth-order valence-corrected chi connectivity index (χ4v) is 3.18. The third-order valence-electron chi connectivity index (χ3n) is 4.53. The first kappa shape index (κ1) is 17.0. The number of nitrogens with one attached hydrogen (secondary N) is 1. The summed E-state index contributed by atoms with van der Waals surface area (Å²) in [6.07, 6.45) is 3.70. The minimum absolute atomic E-state index is 0.227. The lowest BCUT2D eigenvalue weighted by Crippen LogP contribution is -2.47. The van der Waals surface area contributed by atoms with Crippen LogP contribution in [0.1, 0.15) is 22.6 Å². The summed E-state index contributed by atoms with van der Waals surface area (Å²) in [5, 5.41) is 7.79. The van der Waals surface area contributed by atoms with Gasteiger partial charge >= 0.3 is 6.03 Å². The molecule has 0 aliphatic carbocycles. The van der Waals surface area contributed by atoms with E-state index in [9.17, 15) is 9.59 Å². The van der Waals surface area contributed by atoms with Crippen molar-refractivity contribution in [2.45, 2.75) is 13.3 Å². The largest absolute Gasteiger partial charge is 0.340 e. The number of hydrogen-bond donors (Lipinski definition) is 1. The number of aryl methyl sites for hydroxylation is 1. The molecule has 1 aromatic heterocycles. The van der Waals surface area contributed by atoms with Gasteiger partial charge in [-0.2, -0.15) is 0 Å². The van der Waals surface area contributed by atoms with E-state index in [0.717, 1.165) is 16.5 Å². The molecule has 3 aromatic rings. The van der Waals surface area contributed by atoms with E-state index in [0.29, 0.717) is 25.2 Å². The lowest BCUT2D eigenvalue weighted by Gasteiger charge is -2.27. The fourth-order valence-electron chi connectivity index (χ4n) is 3.18. The predicted molar refractivity (Wildman–Crippen MR) is 102 cm³/mol. The van der Waals surface area contributed by atoms with Gasteiger partial charge in [-0.3, -0.25) is 9.78 Å². The molecule has 136 valence electrons. The van der Waals surface area contributed by atoms with Gasteiger partial charge in [0, 0.05) is 24.7 Å². The topological polar surface area (TPSA) is 78.4 Å². The second kappa shape index (κ2) is 7.03. The Kier molecular flexibility index (Phi) is 4.42. The summed E-state index contributed by atoms with van der Waals surface area (Å²) in [6.45, 7) is 2.75. The Morgan fingerprint density at radius 1 is 0.963 bits per heavy atom. The highest BCUT2D eigenvalue weighted by Crippen LogP contribution is 2.24. The third-order valence-corrected chi connectivity index (χ3v) is 4.53. The zero-order valence-electron chi connectivity index (χ0n) is 14.9. The number of carbonyl (C=O) groups is 2. The molecule has 0 unspecified atom stereocenters. The van der Waals surface area contributed by atoms with E-state index >= 15 is 0 Å². The van der Waals surface area contributed by atoms with Gasteiger partial charge in [-0.05, 0) is 24.8 Å². The van der Waals surface area contributed by atoms with Gasteiger partial charge in [0.25, 0.3) is 5.91 Å². The number of nitrogens with zero attached hydrogens (tertiary/aromatic N) is 4. The Labute approximate surface area is 156 Å². The van der Waals surface area contributed by atoms with Crippen LogP contribution >= 0.6 is 0 Å². The smallest absolute Gasteiger partial charge is 0.306 e. The summed E-state index contributed by atoms with van der Waals surface area (Å²) in [7, 11) is 0. The predicted octanol–water partition coefficient (Wildman–Crippen LogP) is 3.23. The third kappa shape index (κ3) is 3.31. The van der Waals surface area contributed by atoms with Gasteiger partial charge in [0.2, 0.25) is 0 Å². The maximum absolute atomic E-state index is 12.8. The van der Waals surface area contributed by atoms with Gasteiger partial charge in [-0.25, -0.2) is 19.8 Å². The van der Waals surface area contributed by atoms with Crippen molar-refractivity contribution < 1.29 is 9.59 Å². The van der Waals surface area contributed by atoms with E-state index in [1.807, 2.05) is 42.5 Å². The highest BCUT2D eigenvalue weighted by molar-refractivity contribution is 6.02. The minimum Gasteiger partial charge on any atom is -0.306 e. The lowest BCUT2D eigenvalue weighted by molar-refractivity contribution is 0.0398. The average Bonchev–Trinajstić information content (AvgIpc) is 3.18. The molecule has 1 aliphatic heterocycles. The van der Waals surface area contributed by atoms with Gasteiger partial charge in [-0.15, -0.1) is 0 Å². The van der Waals surface area contributed by atoms with Crippen molar-refractivity contribution in [3.8, 4) is 0 Å². The van der Waals surface area contributed by atoms with Crippen molar-refractivity contribution in [1.29, 1.82) is 0 Å². The maximum atomic E-state index is 12.8. The Morgan fingerprint density at radius 2 is 1.74 bits per heavy atom. The van der Waals surface area contributed by atoms with E-state index in [4.69, 9.17) is 0 Å². The first-order chi connectivity index (χ1) is 13.1. The molecule has 7 nitrogen and oxygen atoms in total. The molecule has 2 aromatic carbocycles. The summed E-state index contributed by atoms with van der Waals surface area (Å²) in [5.41, 5.74) is 1.68. The number of amides is 3. The fraction of sp³-hybridized carbons (Fsp3) is 0.200. The molecule has 4 rings (SSSR count). The van der Waals surface area contributed by atoms with Crippen LogP contribution in [0.4, 0.5) is 10.5 Å². The normalized spacial score (nSPS) is 13.8. The van der Waals surface area contributed by atoms with Gasteiger partial charge in [0.15, 0.2) is 0 Å². The van der Waals surface area contributed by atoms with E-state index in [2.05, 4.69) is 15.3 Å². The molecule has 1 aliphatic rings. The van der Waals surface area contributed by atoms with Gasteiger partial charge < -0.3 is 5.32 Å². The monoisotopic (exact) mass is 361 g/mol. The molecule has 0 atom stereocenters. The minimum atomic E-state index is -0.336. The van der Waals surface area contributed by atoms with Crippen LogP contribution in [0.5, 0.6) is 0 Å². The number of urea groups is 1. The van der Waals surface area contributed by atoms with Gasteiger partial charge in [0.05, 0.1) is 17.6 Å². The standard InChI is InChI=1S/C20H19N5O2/c1-14-12-22-18(13-21-14)19(26)24-10-5-11-25(24)20(27)23-17-9-4-7-15-6-2-3-8-16(15)17/h2-4,6-9,12-13H,5,10-11H2,1H3,(H,23,27). The molecule has 3 amide bonds. The summed E-state index contributed by atoms with van der Waals surface area (Å²) >= 11 is 0. The number of rotatable bonds is 2. The summed E-state index contributed by atoms with van der Waals surface area (Å²) in [5.74, 6) is -0.326. The Morgan fingerprint density at radius 3 is 2.56 bits per heavy atom. The Bertz CT molecular complexity index is 997. The Balaban J connectivity index is 1.55. The Hall–Kier alpha value is -3.48. The van der Waals surface area contributed by atoms with Crippen molar-refractivity contribution in [2.24, 2.45) is 0 Å². The zero-order valence-corrected chi connectivity index (χ0v) is 14.9. The molecule has 7 heteroatoms. The SMILES string of the molecule is Cc1cnc(C(=O)N2CCCN2C(=O)Nc2cccc3ccccc23)cn1. The van der Waals surface area contributed by atoms with Crippen LogP contribution in [-0.4, -0.2) is 45.0 Å². The van der Waals surface area contributed by atoms with Crippen molar-refractivity contribution in [1.82, 2.24) is 20.0 Å². The van der Waals surface area contributed by atoms with E-state index in [-0.39, 0.29) is 17.6 Å². The second-order valence-electron chi connectivity index (χ2n) is 6.40. The van der Waals surface area contributed by atoms with E-state index in [1.165, 1.54) is 16.2 Å². The van der Waals surface area contributed by atoms with Gasteiger partial charge in [0.1, 0.15) is 5.69 Å². The number of anilines is 1. The average molecular weight is 361 g/mol. The van der Waals surface area contributed by atoms with Crippen LogP contribution in [0, 0.1) is 6.92 Å². The van der Waals surface area contributed by atoms with Crippen molar-refractivity contribution in [3.63, 3.8) is 0 Å². The zero-order chi connectivity index (χ0) is 18.8. The van der Waals surface area contributed by atoms with Gasteiger partial charge in [-0.1, -0.05) is 36.4 Å². The maximum Gasteiger partial charge on any atom is 0.340 e. The lowest BCUT2D eigenvalue weighted by atomic mass is 10.1. The summed E-state index contributed by atoms with van der Waals surface area (Å²) < 4.78 is 0. The molecule has 0 spiro atoms. The number of carbonyl (C=O) groups excluding carboxylic acids is 2. The molecule has 27 heavy (non-hydrogen) atoms. The quantitative estimate of drug-likeness (QED) is 0.760. The van der Waals surface area contributed by atoms with Crippen molar-refractivity contribution >= 4 is 28.4 Å². The molecule has 1 saturated heterocycles. The van der Waals surface area contributed by atoms with E-state index < -0.39 is 0 Å². The molecule has 0 saturated carbocycles. The summed E-state index contributed by atoms with van der Waals surface area (Å²) in [6, 6.07) is 13.2. The molecule has 1 fully saturated rings. The number of fused-ring (bicyclic) bond motifs is 1. The summed E-state index contributed by atoms with van der Waals surface area (Å²) in [4.78, 5) is 33.8. The van der Waals surface area contributed by atoms with Crippen molar-refractivity contribution in [3.05, 3.63) is 66.2 Å². The molecule has 0 bridgehead atoms. The first-order valence-electron chi connectivity index (χ1n) is 8.80. The second-order valence-corrected chi connectivity index (χ2v) is 6.40. The number of hydrogen-bond acceptors (Lipinski definition) is 4. The highest BCUT2D eigenvalue weighted by atomic mass is 16.2. The number of aromatic nitrogens is 2.